The molecule has 1 fully saturated rings. The van der Waals surface area contributed by atoms with Crippen LogP contribution in [0.2, 0.25) is 0 Å². The normalized spacial score (nSPS) is 16.1. The molecule has 1 amide bonds. The number of aromatic nitrogens is 1. The number of aryl methyl sites for hydroxylation is 1. The Labute approximate surface area is 194 Å². The predicted molar refractivity (Wildman–Crippen MR) is 129 cm³/mol. The number of likely N-dealkylation sites (tertiary alicyclic amines) is 1. The molecule has 2 aromatic carbocycles. The van der Waals surface area contributed by atoms with Gasteiger partial charge in [-0.2, -0.15) is 0 Å². The van der Waals surface area contributed by atoms with E-state index in [1.165, 1.54) is 8.87 Å². The fourth-order valence-corrected chi connectivity index (χ4v) is 5.88. The molecule has 1 aliphatic rings. The van der Waals surface area contributed by atoms with Crippen molar-refractivity contribution < 1.29 is 18.3 Å². The molecule has 33 heavy (non-hydrogen) atoms. The summed E-state index contributed by atoms with van der Waals surface area (Å²) in [6.07, 6.45) is 4.72. The average molecular weight is 468 g/mol. The summed E-state index contributed by atoms with van der Waals surface area (Å²) < 4.78 is 27.8. The minimum absolute atomic E-state index is 0.230. The van der Waals surface area contributed by atoms with Crippen LogP contribution in [-0.2, 0) is 16.6 Å². The van der Waals surface area contributed by atoms with Crippen LogP contribution in [0.3, 0.4) is 0 Å². The maximum Gasteiger partial charge on any atom is 0.407 e. The van der Waals surface area contributed by atoms with Crippen LogP contribution >= 0.6 is 0 Å². The highest BCUT2D eigenvalue weighted by molar-refractivity contribution is 7.90. The van der Waals surface area contributed by atoms with Crippen LogP contribution in [0.25, 0.3) is 10.9 Å². The summed E-state index contributed by atoms with van der Waals surface area (Å²) in [7, 11) is -3.70. The lowest BCUT2D eigenvalue weighted by atomic mass is 9.84. The standard InChI is InChI=1S/C25H29N3O4S/c1-3-12-25(13-16-27(17-14-25)24(29)30)26-18-20-5-4-6-23-22(20)11-15-28(23)33(31,32)21-9-7-19(2)8-10-21/h3-11,15,26H,1,12-14,16-18H2,2H3,(H,29,30). The number of amides is 1. The van der Waals surface area contributed by atoms with E-state index in [2.05, 4.69) is 11.9 Å². The van der Waals surface area contributed by atoms with Gasteiger partial charge >= 0.3 is 6.09 Å². The predicted octanol–water partition coefficient (Wildman–Crippen LogP) is 4.37. The molecule has 0 spiro atoms. The second-order valence-corrected chi connectivity index (χ2v) is 10.5. The van der Waals surface area contributed by atoms with E-state index >= 15 is 0 Å². The molecule has 1 aromatic heterocycles. The molecule has 4 rings (SSSR count). The Kier molecular flexibility index (Phi) is 6.32. The Balaban J connectivity index is 1.60. The van der Waals surface area contributed by atoms with Gasteiger partial charge in [-0.15, -0.1) is 6.58 Å². The van der Waals surface area contributed by atoms with Crippen LogP contribution in [0, 0.1) is 6.92 Å². The smallest absolute Gasteiger partial charge is 0.407 e. The zero-order valence-corrected chi connectivity index (χ0v) is 19.5. The lowest BCUT2D eigenvalue weighted by Crippen LogP contribution is -2.53. The number of carbonyl (C=O) groups is 1. The van der Waals surface area contributed by atoms with Gasteiger partial charge in [0.1, 0.15) is 0 Å². The van der Waals surface area contributed by atoms with Crippen molar-refractivity contribution in [3.05, 3.63) is 78.5 Å². The highest BCUT2D eigenvalue weighted by Gasteiger charge is 2.34. The van der Waals surface area contributed by atoms with E-state index < -0.39 is 16.1 Å². The Hall–Kier alpha value is -3.10. The third kappa shape index (κ3) is 4.54. The molecule has 1 saturated heterocycles. The van der Waals surface area contributed by atoms with Gasteiger partial charge in [-0.05, 0) is 56.0 Å². The zero-order chi connectivity index (χ0) is 23.6. The number of benzene rings is 2. The van der Waals surface area contributed by atoms with Crippen LogP contribution in [0.5, 0.6) is 0 Å². The summed E-state index contributed by atoms with van der Waals surface area (Å²) in [4.78, 5) is 13.0. The molecule has 0 atom stereocenters. The van der Waals surface area contributed by atoms with E-state index in [0.717, 1.165) is 22.9 Å². The first-order chi connectivity index (χ1) is 15.8. The Bertz CT molecular complexity index is 1270. The molecule has 0 saturated carbocycles. The van der Waals surface area contributed by atoms with Gasteiger partial charge in [0.25, 0.3) is 10.0 Å². The Morgan fingerprint density at radius 2 is 1.85 bits per heavy atom. The van der Waals surface area contributed by atoms with E-state index in [9.17, 15) is 18.3 Å². The van der Waals surface area contributed by atoms with Crippen molar-refractivity contribution in [2.24, 2.45) is 0 Å². The SMILES string of the molecule is C=CCC1(NCc2cccc3c2ccn3S(=O)(=O)c2ccc(C)cc2)CCN(C(=O)O)CC1. The molecule has 0 unspecified atom stereocenters. The van der Waals surface area contributed by atoms with E-state index in [1.54, 1.807) is 30.5 Å². The van der Waals surface area contributed by atoms with Crippen LogP contribution < -0.4 is 5.32 Å². The third-order valence-electron chi connectivity index (χ3n) is 6.55. The number of rotatable bonds is 7. The van der Waals surface area contributed by atoms with E-state index in [1.807, 2.05) is 37.3 Å². The number of fused-ring (bicyclic) bond motifs is 1. The van der Waals surface area contributed by atoms with Crippen LogP contribution in [0.4, 0.5) is 4.79 Å². The second-order valence-electron chi connectivity index (χ2n) is 8.68. The van der Waals surface area contributed by atoms with Crippen molar-refractivity contribution >= 4 is 27.0 Å². The maximum atomic E-state index is 13.2. The van der Waals surface area contributed by atoms with Gasteiger partial charge in [-0.1, -0.05) is 35.9 Å². The Morgan fingerprint density at radius 3 is 2.48 bits per heavy atom. The number of piperidine rings is 1. The zero-order valence-electron chi connectivity index (χ0n) is 18.7. The van der Waals surface area contributed by atoms with Gasteiger partial charge in [-0.25, -0.2) is 17.2 Å². The number of hydrogen-bond acceptors (Lipinski definition) is 4. The monoisotopic (exact) mass is 467 g/mol. The molecular formula is C25H29N3O4S. The molecule has 7 nitrogen and oxygen atoms in total. The van der Waals surface area contributed by atoms with Crippen molar-refractivity contribution in [3.8, 4) is 0 Å². The first kappa shape index (κ1) is 23.1. The fraction of sp³-hybridized carbons (Fsp3) is 0.320. The van der Waals surface area contributed by atoms with Gasteiger partial charge in [0.05, 0.1) is 10.4 Å². The molecule has 0 bridgehead atoms. The van der Waals surface area contributed by atoms with Crippen molar-refractivity contribution in [3.63, 3.8) is 0 Å². The number of nitrogens with zero attached hydrogens (tertiary/aromatic N) is 2. The van der Waals surface area contributed by atoms with Crippen LogP contribution in [-0.4, -0.2) is 47.1 Å². The lowest BCUT2D eigenvalue weighted by molar-refractivity contribution is 0.107. The first-order valence-electron chi connectivity index (χ1n) is 11.0. The molecule has 3 aromatic rings. The lowest BCUT2D eigenvalue weighted by Gasteiger charge is -2.41. The molecule has 1 aliphatic heterocycles. The van der Waals surface area contributed by atoms with E-state index in [0.29, 0.717) is 38.0 Å². The summed E-state index contributed by atoms with van der Waals surface area (Å²) in [5.74, 6) is 0. The number of nitrogens with one attached hydrogen (secondary N) is 1. The van der Waals surface area contributed by atoms with Gasteiger partial charge < -0.3 is 15.3 Å². The average Bonchev–Trinajstić information content (AvgIpc) is 3.24. The van der Waals surface area contributed by atoms with Crippen LogP contribution in [0.1, 0.15) is 30.4 Å². The van der Waals surface area contributed by atoms with Crippen molar-refractivity contribution in [2.75, 3.05) is 13.1 Å². The minimum Gasteiger partial charge on any atom is -0.465 e. The summed E-state index contributed by atoms with van der Waals surface area (Å²) >= 11 is 0. The molecule has 0 aliphatic carbocycles. The second kappa shape index (κ2) is 9.03. The summed E-state index contributed by atoms with van der Waals surface area (Å²) in [5, 5.41) is 13.8. The molecule has 2 heterocycles. The van der Waals surface area contributed by atoms with Gasteiger partial charge in [0.2, 0.25) is 0 Å². The fourth-order valence-electron chi connectivity index (χ4n) is 4.53. The van der Waals surface area contributed by atoms with Gasteiger partial charge in [-0.3, -0.25) is 0 Å². The summed E-state index contributed by atoms with van der Waals surface area (Å²) in [6.45, 7) is 7.31. The Morgan fingerprint density at radius 1 is 1.15 bits per heavy atom. The van der Waals surface area contributed by atoms with Crippen molar-refractivity contribution in [1.82, 2.24) is 14.2 Å². The molecule has 0 radical (unpaired) electrons. The summed E-state index contributed by atoms with van der Waals surface area (Å²) in [6, 6.07) is 14.4. The molecule has 174 valence electrons. The molecule has 8 heteroatoms. The number of hydrogen-bond donors (Lipinski definition) is 2. The third-order valence-corrected chi connectivity index (χ3v) is 8.25. The topological polar surface area (TPSA) is 91.6 Å². The first-order valence-corrected chi connectivity index (χ1v) is 12.4. The van der Waals surface area contributed by atoms with Gasteiger partial charge in [0, 0.05) is 36.8 Å². The van der Waals surface area contributed by atoms with Crippen molar-refractivity contribution in [2.45, 2.75) is 43.2 Å². The summed E-state index contributed by atoms with van der Waals surface area (Å²) in [5.41, 5.74) is 2.40. The number of carboxylic acid groups (broad SMARTS) is 1. The van der Waals surface area contributed by atoms with Gasteiger partial charge in [0.15, 0.2) is 0 Å². The van der Waals surface area contributed by atoms with Crippen molar-refractivity contribution in [1.29, 1.82) is 0 Å². The highest BCUT2D eigenvalue weighted by Crippen LogP contribution is 2.29. The van der Waals surface area contributed by atoms with E-state index in [4.69, 9.17) is 0 Å². The van der Waals surface area contributed by atoms with Crippen LogP contribution in [0.15, 0.2) is 72.3 Å². The molecule has 2 N–H and O–H groups in total. The minimum atomic E-state index is -3.70. The molecular weight excluding hydrogens is 438 g/mol. The largest absolute Gasteiger partial charge is 0.465 e. The highest BCUT2D eigenvalue weighted by atomic mass is 32.2. The van der Waals surface area contributed by atoms with E-state index in [-0.39, 0.29) is 10.4 Å². The maximum absolute atomic E-state index is 13.2. The quantitative estimate of drug-likeness (QED) is 0.504.